The summed E-state index contributed by atoms with van der Waals surface area (Å²) in [6, 6.07) is 0. The molecule has 33 heavy (non-hydrogen) atoms. The summed E-state index contributed by atoms with van der Waals surface area (Å²) in [6.07, 6.45) is 4.48. The van der Waals surface area contributed by atoms with Crippen molar-refractivity contribution in [2.45, 2.75) is 0 Å². The Bertz CT molecular complexity index is 888. The fraction of sp³-hybridized carbons (Fsp3) is 0.476. The lowest BCUT2D eigenvalue weighted by Crippen LogP contribution is -2.53. The van der Waals surface area contributed by atoms with E-state index in [0.29, 0.717) is 0 Å². The highest BCUT2D eigenvalue weighted by atomic mass is 16.2. The van der Waals surface area contributed by atoms with Gasteiger partial charge in [0.15, 0.2) is 18.1 Å². The second kappa shape index (κ2) is 11.6. The normalized spacial score (nSPS) is 17.8. The highest BCUT2D eigenvalue weighted by Crippen LogP contribution is 2.13. The predicted molar refractivity (Wildman–Crippen MR) is 114 cm³/mol. The van der Waals surface area contributed by atoms with Crippen LogP contribution in [-0.4, -0.2) is 110 Å². The summed E-state index contributed by atoms with van der Waals surface area (Å²) < 4.78 is -0.635. The number of rotatable bonds is 15. The van der Waals surface area contributed by atoms with Gasteiger partial charge in [0.05, 0.1) is 45.4 Å². The van der Waals surface area contributed by atoms with Crippen LogP contribution in [0.3, 0.4) is 0 Å². The molecule has 0 saturated carbocycles. The molecule has 0 aromatic carbocycles. The number of ketones is 3. The predicted octanol–water partition coefficient (Wildman–Crippen LogP) is -3.30. The van der Waals surface area contributed by atoms with Gasteiger partial charge in [0.2, 0.25) is 5.78 Å². The molecular weight excluding hydrogens is 434 g/mol. The van der Waals surface area contributed by atoms with Crippen LogP contribution in [0, 0.1) is 5.92 Å². The van der Waals surface area contributed by atoms with Crippen LogP contribution in [0.1, 0.15) is 0 Å². The summed E-state index contributed by atoms with van der Waals surface area (Å²) in [6.45, 7) is -0.588. The molecule has 2 aliphatic rings. The first-order valence-electron chi connectivity index (χ1n) is 10.4. The number of hydrogen-bond acceptors (Lipinski definition) is 10. The van der Waals surface area contributed by atoms with Crippen LogP contribution in [0.15, 0.2) is 24.3 Å². The molecule has 0 saturated heterocycles. The number of nitrogens with one attached hydrogen (secondary N) is 3. The number of amides is 4. The van der Waals surface area contributed by atoms with Gasteiger partial charge in [0.1, 0.15) is 0 Å². The maximum Gasteiger partial charge on any atom is 0.346 e. The zero-order chi connectivity index (χ0) is 24.6. The van der Waals surface area contributed by atoms with Gasteiger partial charge in [0, 0.05) is 31.2 Å². The molecule has 0 fully saturated rings. The van der Waals surface area contributed by atoms with E-state index in [9.17, 15) is 33.6 Å². The zero-order valence-electron chi connectivity index (χ0n) is 18.6. The molecule has 2 heterocycles. The summed E-state index contributed by atoms with van der Waals surface area (Å²) in [7, 11) is 2.99. The summed E-state index contributed by atoms with van der Waals surface area (Å²) >= 11 is 0. The van der Waals surface area contributed by atoms with E-state index >= 15 is 0 Å². The van der Waals surface area contributed by atoms with Gasteiger partial charge in [-0.3, -0.25) is 28.9 Å². The molecule has 1 atom stereocenters. The van der Waals surface area contributed by atoms with E-state index in [0.717, 1.165) is 29.2 Å². The van der Waals surface area contributed by atoms with E-state index in [1.807, 2.05) is 0 Å². The van der Waals surface area contributed by atoms with Crippen molar-refractivity contribution in [3.8, 4) is 0 Å². The van der Waals surface area contributed by atoms with Crippen molar-refractivity contribution < 1.29 is 38.0 Å². The average Bonchev–Trinajstić information content (AvgIpc) is 3.20. The van der Waals surface area contributed by atoms with Crippen LogP contribution in [0.2, 0.25) is 0 Å². The van der Waals surface area contributed by atoms with Gasteiger partial charge in [-0.2, -0.15) is 4.48 Å². The van der Waals surface area contributed by atoms with Gasteiger partial charge in [-0.25, -0.2) is 9.59 Å². The van der Waals surface area contributed by atoms with E-state index < -0.39 is 39.8 Å². The van der Waals surface area contributed by atoms with E-state index in [-0.39, 0.29) is 57.4 Å². The smallest absolute Gasteiger partial charge is 0.313 e. The maximum absolute atomic E-state index is 12.4. The molecule has 0 bridgehead atoms. The first-order valence-corrected chi connectivity index (χ1v) is 10.4. The Morgan fingerprint density at radius 2 is 1.36 bits per heavy atom. The maximum atomic E-state index is 12.4. The van der Waals surface area contributed by atoms with Crippen molar-refractivity contribution in [2.24, 2.45) is 5.92 Å². The largest absolute Gasteiger partial charge is 0.346 e. The van der Waals surface area contributed by atoms with Gasteiger partial charge in [-0.15, -0.1) is 0 Å². The van der Waals surface area contributed by atoms with E-state index in [2.05, 4.69) is 16.0 Å². The molecule has 0 aliphatic carbocycles. The Labute approximate surface area is 190 Å². The lowest BCUT2D eigenvalue weighted by Gasteiger charge is -2.22. The molecule has 2 aliphatic heterocycles. The van der Waals surface area contributed by atoms with Crippen LogP contribution in [0.25, 0.3) is 0 Å². The van der Waals surface area contributed by atoms with Crippen LogP contribution in [0.5, 0.6) is 0 Å². The molecule has 0 spiro atoms. The molecule has 0 radical (unpaired) electrons. The van der Waals surface area contributed by atoms with Crippen LogP contribution >= 0.6 is 0 Å². The summed E-state index contributed by atoms with van der Waals surface area (Å²) in [5, 5.41) is 8.48. The van der Waals surface area contributed by atoms with E-state index in [4.69, 9.17) is 0 Å². The minimum Gasteiger partial charge on any atom is -0.313 e. The highest BCUT2D eigenvalue weighted by Gasteiger charge is 2.43. The van der Waals surface area contributed by atoms with Gasteiger partial charge in [0.25, 0.3) is 11.8 Å². The van der Waals surface area contributed by atoms with E-state index in [1.165, 1.54) is 7.05 Å². The zero-order valence-corrected chi connectivity index (χ0v) is 18.6. The molecular formula is C21H28N5O7+. The van der Waals surface area contributed by atoms with Crippen molar-refractivity contribution in [2.75, 3.05) is 59.9 Å². The minimum atomic E-state index is -0.635. The van der Waals surface area contributed by atoms with Crippen molar-refractivity contribution in [1.82, 2.24) is 20.9 Å². The summed E-state index contributed by atoms with van der Waals surface area (Å²) in [5.74, 6) is -3.50. The molecule has 0 aromatic rings. The quantitative estimate of drug-likeness (QED) is 0.166. The molecule has 12 nitrogen and oxygen atoms in total. The molecule has 0 aromatic heterocycles. The Hall–Kier alpha value is -3.19. The fourth-order valence-electron chi connectivity index (χ4n) is 3.35. The first kappa shape index (κ1) is 26.1. The second-order valence-electron chi connectivity index (χ2n) is 7.99. The van der Waals surface area contributed by atoms with Crippen molar-refractivity contribution in [3.63, 3.8) is 0 Å². The number of nitrogens with zero attached hydrogens (tertiary/aromatic N) is 2. The number of likely N-dealkylation sites (N-methyl/N-ethyl adjacent to an activating group) is 2. The summed E-state index contributed by atoms with van der Waals surface area (Å²) in [5.41, 5.74) is 0. The molecule has 178 valence electrons. The Balaban J connectivity index is 1.78. The monoisotopic (exact) mass is 462 g/mol. The number of hydrogen-bond donors (Lipinski definition) is 3. The molecule has 2 rings (SSSR count). The third-order valence-electron chi connectivity index (χ3n) is 5.30. The third kappa shape index (κ3) is 6.89. The Morgan fingerprint density at radius 3 is 1.88 bits per heavy atom. The number of carbonyl (C=O) groups excluding carboxylic acids is 7. The molecule has 4 amide bonds. The number of Topliss-reactive ketones (excluding diaryl/α,β-unsaturated/α-hetero) is 3. The Kier molecular flexibility index (Phi) is 9.17. The van der Waals surface area contributed by atoms with Crippen LogP contribution in [-0.2, 0) is 33.6 Å². The van der Waals surface area contributed by atoms with E-state index in [1.54, 1.807) is 7.05 Å². The lowest BCUT2D eigenvalue weighted by atomic mass is 10.0. The van der Waals surface area contributed by atoms with Crippen molar-refractivity contribution in [3.05, 3.63) is 24.3 Å². The van der Waals surface area contributed by atoms with Gasteiger partial charge < -0.3 is 16.0 Å². The number of carbonyl (C=O) groups is 7. The highest BCUT2D eigenvalue weighted by molar-refractivity contribution is 6.14. The van der Waals surface area contributed by atoms with Gasteiger partial charge >= 0.3 is 11.8 Å². The van der Waals surface area contributed by atoms with Crippen molar-refractivity contribution >= 4 is 41.0 Å². The topological polar surface area (TPSA) is 159 Å². The minimum absolute atomic E-state index is 0.0853. The standard InChI is InChI=1S/C21H28N5O7/c1-22-11-17(29)14(7-23-9-15(27)12-25-18(30)3-4-19(25)31)8-24-10-16(28)13-26(2)20(32)5-6-21(26)33/h3-6,14,22-24H,7-13H2,1-2H3/q+1. The number of quaternary nitrogens is 1. The van der Waals surface area contributed by atoms with Crippen molar-refractivity contribution in [1.29, 1.82) is 0 Å². The average molecular weight is 462 g/mol. The first-order chi connectivity index (χ1) is 15.6. The van der Waals surface area contributed by atoms with Gasteiger partial charge in [-0.1, -0.05) is 0 Å². The molecule has 12 heteroatoms. The summed E-state index contributed by atoms with van der Waals surface area (Å²) in [4.78, 5) is 84.3. The lowest BCUT2D eigenvalue weighted by molar-refractivity contribution is -0.740. The second-order valence-corrected chi connectivity index (χ2v) is 7.99. The van der Waals surface area contributed by atoms with Gasteiger partial charge in [-0.05, 0) is 7.05 Å². The van der Waals surface area contributed by atoms with Crippen LogP contribution in [0.4, 0.5) is 0 Å². The number of imide groups is 2. The fourth-order valence-corrected chi connectivity index (χ4v) is 3.35. The third-order valence-corrected chi connectivity index (χ3v) is 5.30. The molecule has 3 N–H and O–H groups in total. The van der Waals surface area contributed by atoms with Crippen LogP contribution < -0.4 is 16.0 Å². The SMILES string of the molecule is CNCC(=O)C(CNCC(=O)CN1C(=O)C=CC1=O)CNCC(=O)C[N+]1(C)C(=O)C=CC1=O. The Morgan fingerprint density at radius 1 is 0.848 bits per heavy atom. The molecule has 1 unspecified atom stereocenters.